The van der Waals surface area contributed by atoms with Gasteiger partial charge in [-0.3, -0.25) is 9.80 Å². The van der Waals surface area contributed by atoms with Gasteiger partial charge in [-0.05, 0) is 45.3 Å². The molecule has 1 N–H and O–H groups in total. The molecule has 2 fully saturated rings. The van der Waals surface area contributed by atoms with Crippen LogP contribution in [0.1, 0.15) is 52.9 Å². The highest BCUT2D eigenvalue weighted by Gasteiger charge is 2.33. The van der Waals surface area contributed by atoms with E-state index in [2.05, 4.69) is 35.9 Å². The summed E-state index contributed by atoms with van der Waals surface area (Å²) >= 11 is 0. The van der Waals surface area contributed by atoms with Crippen LogP contribution in [0, 0.1) is 0 Å². The van der Waals surface area contributed by atoms with Crippen molar-refractivity contribution >= 4 is 0 Å². The zero-order valence-electron chi connectivity index (χ0n) is 13.2. The molecule has 1 saturated carbocycles. The van der Waals surface area contributed by atoms with Crippen molar-refractivity contribution in [3.8, 4) is 0 Å². The molecule has 1 heterocycles. The van der Waals surface area contributed by atoms with Crippen LogP contribution < -0.4 is 5.32 Å². The smallest absolute Gasteiger partial charge is 0.0235 e. The quantitative estimate of drug-likeness (QED) is 0.797. The molecule has 0 aromatic heterocycles. The highest BCUT2D eigenvalue weighted by Crippen LogP contribution is 2.27. The summed E-state index contributed by atoms with van der Waals surface area (Å²) in [6.45, 7) is 13.0. The van der Waals surface area contributed by atoms with E-state index in [1.54, 1.807) is 0 Å². The molecule has 112 valence electrons. The molecule has 3 heteroatoms. The normalized spacial score (nSPS) is 33.2. The minimum atomic E-state index is 0.774. The van der Waals surface area contributed by atoms with Gasteiger partial charge in [0, 0.05) is 31.2 Å². The number of nitrogens with one attached hydrogen (secondary N) is 1. The lowest BCUT2D eigenvalue weighted by Gasteiger charge is -2.36. The molecule has 19 heavy (non-hydrogen) atoms. The van der Waals surface area contributed by atoms with Crippen molar-refractivity contribution in [2.75, 3.05) is 32.7 Å². The Bertz CT molecular complexity index is 250. The Hall–Kier alpha value is -0.120. The van der Waals surface area contributed by atoms with Crippen LogP contribution in [-0.4, -0.2) is 60.6 Å². The highest BCUT2D eigenvalue weighted by molar-refractivity contribution is 4.90. The molecule has 0 radical (unpaired) electrons. The third-order valence-corrected chi connectivity index (χ3v) is 5.18. The first kappa shape index (κ1) is 15.3. The average molecular weight is 267 g/mol. The van der Waals surface area contributed by atoms with Gasteiger partial charge in [-0.25, -0.2) is 0 Å². The predicted octanol–water partition coefficient (Wildman–Crippen LogP) is 2.32. The second-order valence-corrected chi connectivity index (χ2v) is 6.23. The number of rotatable bonds is 6. The minimum Gasteiger partial charge on any atom is -0.314 e. The second-order valence-electron chi connectivity index (χ2n) is 6.23. The average Bonchev–Trinajstić information content (AvgIpc) is 2.91. The van der Waals surface area contributed by atoms with Gasteiger partial charge in [0.15, 0.2) is 0 Å². The van der Waals surface area contributed by atoms with Gasteiger partial charge in [0.05, 0.1) is 0 Å². The summed E-state index contributed by atoms with van der Waals surface area (Å²) in [5.41, 5.74) is 0. The van der Waals surface area contributed by atoms with Crippen molar-refractivity contribution in [3.05, 3.63) is 0 Å². The SMILES string of the molecule is CCNC1CCCC(N2CCC(N(CC)CC)C2)C1. The number of hydrogen-bond donors (Lipinski definition) is 1. The molecule has 0 amide bonds. The van der Waals surface area contributed by atoms with E-state index in [1.807, 2.05) is 0 Å². The Labute approximate surface area is 119 Å². The Morgan fingerprint density at radius 3 is 2.58 bits per heavy atom. The number of nitrogens with zero attached hydrogens (tertiary/aromatic N) is 2. The summed E-state index contributed by atoms with van der Waals surface area (Å²) in [5.74, 6) is 0. The second kappa shape index (κ2) is 7.61. The number of hydrogen-bond acceptors (Lipinski definition) is 3. The molecule has 2 aliphatic rings. The molecule has 1 aliphatic heterocycles. The van der Waals surface area contributed by atoms with Crippen molar-refractivity contribution in [1.82, 2.24) is 15.1 Å². The fraction of sp³-hybridized carbons (Fsp3) is 1.00. The molecule has 3 nitrogen and oxygen atoms in total. The molecular weight excluding hydrogens is 234 g/mol. The molecular formula is C16H33N3. The lowest BCUT2D eigenvalue weighted by Crippen LogP contribution is -2.45. The van der Waals surface area contributed by atoms with Gasteiger partial charge < -0.3 is 5.32 Å². The zero-order valence-corrected chi connectivity index (χ0v) is 13.2. The summed E-state index contributed by atoms with van der Waals surface area (Å²) in [5, 5.41) is 3.66. The van der Waals surface area contributed by atoms with Crippen LogP contribution in [0.3, 0.4) is 0 Å². The van der Waals surface area contributed by atoms with Gasteiger partial charge in [-0.15, -0.1) is 0 Å². The van der Waals surface area contributed by atoms with Crippen molar-refractivity contribution in [2.45, 2.75) is 71.0 Å². The third kappa shape index (κ3) is 3.93. The molecule has 3 atom stereocenters. The van der Waals surface area contributed by atoms with Crippen molar-refractivity contribution in [1.29, 1.82) is 0 Å². The van der Waals surface area contributed by atoms with E-state index < -0.39 is 0 Å². The van der Waals surface area contributed by atoms with E-state index in [0.717, 1.165) is 24.7 Å². The summed E-state index contributed by atoms with van der Waals surface area (Å²) in [7, 11) is 0. The van der Waals surface area contributed by atoms with Crippen molar-refractivity contribution < 1.29 is 0 Å². The Morgan fingerprint density at radius 1 is 1.11 bits per heavy atom. The van der Waals surface area contributed by atoms with Crippen LogP contribution in [-0.2, 0) is 0 Å². The summed E-state index contributed by atoms with van der Waals surface area (Å²) in [6.07, 6.45) is 6.97. The van der Waals surface area contributed by atoms with E-state index in [9.17, 15) is 0 Å². The zero-order chi connectivity index (χ0) is 13.7. The molecule has 3 unspecified atom stereocenters. The Morgan fingerprint density at radius 2 is 1.89 bits per heavy atom. The Kier molecular flexibility index (Phi) is 6.11. The number of likely N-dealkylation sites (tertiary alicyclic amines) is 1. The number of likely N-dealkylation sites (N-methyl/N-ethyl adjacent to an activating group) is 1. The molecule has 0 aromatic carbocycles. The van der Waals surface area contributed by atoms with E-state index in [0.29, 0.717) is 0 Å². The highest BCUT2D eigenvalue weighted by atomic mass is 15.3. The Balaban J connectivity index is 1.82. The topological polar surface area (TPSA) is 18.5 Å². The van der Waals surface area contributed by atoms with Crippen molar-refractivity contribution in [3.63, 3.8) is 0 Å². The molecule has 2 rings (SSSR count). The van der Waals surface area contributed by atoms with Gasteiger partial charge in [-0.1, -0.05) is 27.2 Å². The first-order valence-electron chi connectivity index (χ1n) is 8.49. The largest absolute Gasteiger partial charge is 0.314 e. The molecule has 1 aliphatic carbocycles. The fourth-order valence-electron chi connectivity index (χ4n) is 4.11. The predicted molar refractivity (Wildman–Crippen MR) is 82.6 cm³/mol. The summed E-state index contributed by atoms with van der Waals surface area (Å²) in [6, 6.07) is 2.43. The lowest BCUT2D eigenvalue weighted by atomic mass is 9.90. The van der Waals surface area contributed by atoms with Crippen LogP contribution in [0.5, 0.6) is 0 Å². The fourth-order valence-corrected chi connectivity index (χ4v) is 4.11. The van der Waals surface area contributed by atoms with Crippen LogP contribution in [0.25, 0.3) is 0 Å². The van der Waals surface area contributed by atoms with Gasteiger partial charge in [0.2, 0.25) is 0 Å². The van der Waals surface area contributed by atoms with E-state index in [4.69, 9.17) is 0 Å². The maximum Gasteiger partial charge on any atom is 0.0235 e. The van der Waals surface area contributed by atoms with Crippen LogP contribution in [0.2, 0.25) is 0 Å². The third-order valence-electron chi connectivity index (χ3n) is 5.18. The maximum atomic E-state index is 3.66. The summed E-state index contributed by atoms with van der Waals surface area (Å²) < 4.78 is 0. The van der Waals surface area contributed by atoms with E-state index in [-0.39, 0.29) is 0 Å². The van der Waals surface area contributed by atoms with Crippen molar-refractivity contribution in [2.24, 2.45) is 0 Å². The standard InChI is InChI=1S/C16H33N3/c1-4-17-14-8-7-9-15(12-14)19-11-10-16(13-19)18(5-2)6-3/h14-17H,4-13H2,1-3H3. The summed E-state index contributed by atoms with van der Waals surface area (Å²) in [4.78, 5) is 5.43. The maximum absolute atomic E-state index is 3.66. The monoisotopic (exact) mass is 267 g/mol. The van der Waals surface area contributed by atoms with Crippen LogP contribution in [0.4, 0.5) is 0 Å². The first-order valence-corrected chi connectivity index (χ1v) is 8.49. The van der Waals surface area contributed by atoms with Gasteiger partial charge in [0.1, 0.15) is 0 Å². The molecule has 1 saturated heterocycles. The van der Waals surface area contributed by atoms with Crippen LogP contribution in [0.15, 0.2) is 0 Å². The molecule has 0 aromatic rings. The van der Waals surface area contributed by atoms with E-state index >= 15 is 0 Å². The van der Waals surface area contributed by atoms with Crippen LogP contribution >= 0.6 is 0 Å². The lowest BCUT2D eigenvalue weighted by molar-refractivity contribution is 0.148. The molecule has 0 spiro atoms. The minimum absolute atomic E-state index is 0.774. The van der Waals surface area contributed by atoms with Gasteiger partial charge in [-0.2, -0.15) is 0 Å². The van der Waals surface area contributed by atoms with Gasteiger partial charge >= 0.3 is 0 Å². The van der Waals surface area contributed by atoms with E-state index in [1.165, 1.54) is 58.3 Å². The first-order chi connectivity index (χ1) is 9.28. The molecule has 0 bridgehead atoms. The van der Waals surface area contributed by atoms with Gasteiger partial charge in [0.25, 0.3) is 0 Å².